The van der Waals surface area contributed by atoms with E-state index in [2.05, 4.69) is 10.2 Å². The van der Waals surface area contributed by atoms with Crippen LogP contribution in [0.5, 0.6) is 17.4 Å². The zero-order valence-corrected chi connectivity index (χ0v) is 9.77. The Morgan fingerprint density at radius 3 is 2.35 bits per heavy atom. The summed E-state index contributed by atoms with van der Waals surface area (Å²) in [4.78, 5) is 0. The number of hydrogen-bond donors (Lipinski definition) is 1. The van der Waals surface area contributed by atoms with Gasteiger partial charge in [0.2, 0.25) is 5.88 Å². The molecule has 0 amide bonds. The molecule has 0 aliphatic rings. The van der Waals surface area contributed by atoms with Crippen molar-refractivity contribution in [2.75, 3.05) is 14.2 Å². The van der Waals surface area contributed by atoms with Gasteiger partial charge in [-0.1, -0.05) is 0 Å². The van der Waals surface area contributed by atoms with Gasteiger partial charge >= 0.3 is 0 Å². The molecule has 0 bridgehead atoms. The number of nitrogens with one attached hydrogen (secondary N) is 1. The maximum Gasteiger partial charge on any atom is 0.209 e. The van der Waals surface area contributed by atoms with Crippen LogP contribution in [0.15, 0.2) is 30.5 Å². The van der Waals surface area contributed by atoms with E-state index in [0.717, 1.165) is 17.1 Å². The van der Waals surface area contributed by atoms with Gasteiger partial charge in [-0.2, -0.15) is 5.10 Å². The molecule has 0 fully saturated rings. The number of aromatic amines is 1. The maximum absolute atomic E-state index is 5.50. The minimum absolute atomic E-state index is 0.426. The maximum atomic E-state index is 5.50. The number of rotatable bonds is 5. The Hall–Kier alpha value is -2.17. The van der Waals surface area contributed by atoms with Crippen molar-refractivity contribution in [2.45, 2.75) is 6.61 Å². The number of aromatic nitrogens is 2. The van der Waals surface area contributed by atoms with E-state index in [-0.39, 0.29) is 0 Å². The first-order valence-electron chi connectivity index (χ1n) is 5.16. The number of H-pyrrole nitrogens is 1. The highest BCUT2D eigenvalue weighted by molar-refractivity contribution is 5.38. The lowest BCUT2D eigenvalue weighted by Crippen LogP contribution is -1.97. The molecule has 0 unspecified atom stereocenters. The Bertz CT molecular complexity index is 446. The van der Waals surface area contributed by atoms with Crippen LogP contribution in [-0.2, 0) is 6.61 Å². The Labute approximate surface area is 99.3 Å². The zero-order valence-electron chi connectivity index (χ0n) is 9.77. The molecule has 0 spiro atoms. The molecule has 0 aliphatic carbocycles. The second-order valence-corrected chi connectivity index (χ2v) is 3.43. The van der Waals surface area contributed by atoms with Gasteiger partial charge in [-0.15, -0.1) is 0 Å². The van der Waals surface area contributed by atoms with E-state index in [1.165, 1.54) is 0 Å². The molecule has 1 N–H and O–H groups in total. The molecule has 0 radical (unpaired) electrons. The van der Waals surface area contributed by atoms with E-state index >= 15 is 0 Å². The largest absolute Gasteiger partial charge is 0.497 e. The van der Waals surface area contributed by atoms with E-state index < -0.39 is 0 Å². The quantitative estimate of drug-likeness (QED) is 0.859. The molecular weight excluding hydrogens is 220 g/mol. The second kappa shape index (κ2) is 5.25. The van der Waals surface area contributed by atoms with E-state index in [1.54, 1.807) is 26.5 Å². The standard InChI is InChI=1S/C12H14N2O3/c1-15-10-5-9(6-11(7-10)16-2)8-17-12-3-4-13-14-12/h3-7H,8H2,1-2H3,(H,13,14). The fourth-order valence-electron chi connectivity index (χ4n) is 1.43. The average Bonchev–Trinajstić information content (AvgIpc) is 2.89. The lowest BCUT2D eigenvalue weighted by Gasteiger charge is -2.08. The number of nitrogens with zero attached hydrogens (tertiary/aromatic N) is 1. The second-order valence-electron chi connectivity index (χ2n) is 3.43. The summed E-state index contributed by atoms with van der Waals surface area (Å²) in [5.41, 5.74) is 0.968. The summed E-state index contributed by atoms with van der Waals surface area (Å²) in [5, 5.41) is 6.53. The van der Waals surface area contributed by atoms with Crippen LogP contribution in [0.25, 0.3) is 0 Å². The summed E-state index contributed by atoms with van der Waals surface area (Å²) >= 11 is 0. The molecule has 17 heavy (non-hydrogen) atoms. The molecule has 1 heterocycles. The molecular formula is C12H14N2O3. The summed E-state index contributed by atoms with van der Waals surface area (Å²) in [5.74, 6) is 2.12. The topological polar surface area (TPSA) is 56.4 Å². The van der Waals surface area contributed by atoms with Crippen LogP contribution in [0.2, 0.25) is 0 Å². The molecule has 1 aromatic carbocycles. The molecule has 2 rings (SSSR count). The van der Waals surface area contributed by atoms with Gasteiger partial charge in [-0.05, 0) is 17.7 Å². The molecule has 90 valence electrons. The van der Waals surface area contributed by atoms with Crippen molar-refractivity contribution in [3.63, 3.8) is 0 Å². The monoisotopic (exact) mass is 234 g/mol. The SMILES string of the molecule is COc1cc(COc2ccn[nH]2)cc(OC)c1. The lowest BCUT2D eigenvalue weighted by molar-refractivity contribution is 0.291. The molecule has 0 saturated heterocycles. The summed E-state index contributed by atoms with van der Waals surface area (Å²) in [6.45, 7) is 0.426. The van der Waals surface area contributed by atoms with Crippen molar-refractivity contribution in [1.82, 2.24) is 10.2 Å². The fraction of sp³-hybridized carbons (Fsp3) is 0.250. The third-order valence-electron chi connectivity index (χ3n) is 2.28. The third-order valence-corrected chi connectivity index (χ3v) is 2.28. The fourth-order valence-corrected chi connectivity index (χ4v) is 1.43. The van der Waals surface area contributed by atoms with Crippen LogP contribution < -0.4 is 14.2 Å². The van der Waals surface area contributed by atoms with Gasteiger partial charge in [0, 0.05) is 12.1 Å². The minimum Gasteiger partial charge on any atom is -0.497 e. The predicted octanol–water partition coefficient (Wildman–Crippen LogP) is 2.01. The Morgan fingerprint density at radius 1 is 1.12 bits per heavy atom. The molecule has 0 atom stereocenters. The van der Waals surface area contributed by atoms with Crippen molar-refractivity contribution < 1.29 is 14.2 Å². The lowest BCUT2D eigenvalue weighted by atomic mass is 10.2. The highest BCUT2D eigenvalue weighted by Crippen LogP contribution is 2.23. The molecule has 1 aromatic heterocycles. The van der Waals surface area contributed by atoms with Crippen LogP contribution in [0.4, 0.5) is 0 Å². The highest BCUT2D eigenvalue weighted by Gasteiger charge is 2.03. The van der Waals surface area contributed by atoms with Gasteiger partial charge in [-0.25, -0.2) is 5.10 Å². The first-order valence-corrected chi connectivity index (χ1v) is 5.16. The van der Waals surface area contributed by atoms with E-state index in [9.17, 15) is 0 Å². The number of hydrogen-bond acceptors (Lipinski definition) is 4. The Kier molecular flexibility index (Phi) is 3.49. The van der Waals surface area contributed by atoms with Gasteiger partial charge in [0.15, 0.2) is 0 Å². The normalized spacial score (nSPS) is 10.0. The van der Waals surface area contributed by atoms with Gasteiger partial charge in [0.25, 0.3) is 0 Å². The van der Waals surface area contributed by atoms with Crippen LogP contribution in [0, 0.1) is 0 Å². The summed E-state index contributed by atoms with van der Waals surface area (Å²) in [7, 11) is 3.24. The predicted molar refractivity (Wildman–Crippen MR) is 62.5 cm³/mol. The van der Waals surface area contributed by atoms with Crippen molar-refractivity contribution in [3.8, 4) is 17.4 Å². The molecule has 2 aromatic rings. The summed E-state index contributed by atoms with van der Waals surface area (Å²) in [6.07, 6.45) is 1.64. The Morgan fingerprint density at radius 2 is 1.82 bits per heavy atom. The first kappa shape index (κ1) is 11.3. The number of methoxy groups -OCH3 is 2. The molecule has 0 aliphatic heterocycles. The van der Waals surface area contributed by atoms with Crippen LogP contribution >= 0.6 is 0 Å². The smallest absolute Gasteiger partial charge is 0.209 e. The average molecular weight is 234 g/mol. The van der Waals surface area contributed by atoms with Crippen molar-refractivity contribution in [2.24, 2.45) is 0 Å². The van der Waals surface area contributed by atoms with Crippen molar-refractivity contribution in [1.29, 1.82) is 0 Å². The van der Waals surface area contributed by atoms with E-state index in [4.69, 9.17) is 14.2 Å². The summed E-state index contributed by atoms with van der Waals surface area (Å²) < 4.78 is 15.9. The van der Waals surface area contributed by atoms with Gasteiger partial charge in [0.1, 0.15) is 18.1 Å². The molecule has 0 saturated carbocycles. The van der Waals surface area contributed by atoms with Crippen molar-refractivity contribution in [3.05, 3.63) is 36.0 Å². The highest BCUT2D eigenvalue weighted by atomic mass is 16.5. The zero-order chi connectivity index (χ0) is 12.1. The third kappa shape index (κ3) is 2.90. The Balaban J connectivity index is 2.09. The molecule has 5 nitrogen and oxygen atoms in total. The van der Waals surface area contributed by atoms with E-state index in [1.807, 2.05) is 18.2 Å². The summed E-state index contributed by atoms with van der Waals surface area (Å²) in [6, 6.07) is 7.38. The van der Waals surface area contributed by atoms with Crippen LogP contribution in [0.1, 0.15) is 5.56 Å². The van der Waals surface area contributed by atoms with Crippen LogP contribution in [-0.4, -0.2) is 24.4 Å². The van der Waals surface area contributed by atoms with E-state index in [0.29, 0.717) is 12.5 Å². The first-order chi connectivity index (χ1) is 8.31. The van der Waals surface area contributed by atoms with Gasteiger partial charge < -0.3 is 14.2 Å². The molecule has 5 heteroatoms. The van der Waals surface area contributed by atoms with Crippen LogP contribution in [0.3, 0.4) is 0 Å². The van der Waals surface area contributed by atoms with Gasteiger partial charge in [0.05, 0.1) is 20.4 Å². The number of benzene rings is 1. The van der Waals surface area contributed by atoms with Crippen molar-refractivity contribution >= 4 is 0 Å². The minimum atomic E-state index is 0.426. The van der Waals surface area contributed by atoms with Gasteiger partial charge in [-0.3, -0.25) is 0 Å². The number of ether oxygens (including phenoxy) is 3.